The minimum atomic E-state index is 0. The van der Waals surface area contributed by atoms with Crippen LogP contribution >= 0.6 is 24.8 Å². The molecule has 6 rings (SSSR count). The highest BCUT2D eigenvalue weighted by Crippen LogP contribution is 2.39. The molecule has 0 aliphatic carbocycles. The number of para-hydroxylation sites is 1. The third kappa shape index (κ3) is 3.99. The normalized spacial score (nSPS) is 12.1. The second-order valence-electron chi connectivity index (χ2n) is 8.26. The van der Waals surface area contributed by atoms with Crippen LogP contribution in [0.15, 0.2) is 60.8 Å². The molecule has 36 heavy (non-hydrogen) atoms. The van der Waals surface area contributed by atoms with Crippen molar-refractivity contribution in [3.8, 4) is 34.2 Å². The van der Waals surface area contributed by atoms with Crippen molar-refractivity contribution in [2.24, 2.45) is 0 Å². The van der Waals surface area contributed by atoms with Gasteiger partial charge in [0, 0.05) is 35.6 Å². The maximum atomic E-state index is 5.60. The minimum absolute atomic E-state index is 0. The summed E-state index contributed by atoms with van der Waals surface area (Å²) in [7, 11) is 4.94. The second-order valence-corrected chi connectivity index (χ2v) is 8.26. The van der Waals surface area contributed by atoms with E-state index in [0.717, 1.165) is 57.6 Å². The lowest BCUT2D eigenvalue weighted by Gasteiger charge is -2.09. The Labute approximate surface area is 221 Å². The molecule has 3 aromatic carbocycles. The molecule has 0 radical (unpaired) electrons. The number of benzene rings is 3. The van der Waals surface area contributed by atoms with Gasteiger partial charge in [-0.25, -0.2) is 4.68 Å². The molecule has 1 N–H and O–H groups in total. The predicted octanol–water partition coefficient (Wildman–Crippen LogP) is 5.71. The van der Waals surface area contributed by atoms with Crippen LogP contribution in [-0.2, 0) is 13.1 Å². The van der Waals surface area contributed by atoms with Gasteiger partial charge >= 0.3 is 0 Å². The first kappa shape index (κ1) is 25.6. The van der Waals surface area contributed by atoms with Crippen LogP contribution in [0.2, 0.25) is 0 Å². The van der Waals surface area contributed by atoms with Crippen molar-refractivity contribution in [2.75, 3.05) is 21.3 Å². The van der Waals surface area contributed by atoms with E-state index >= 15 is 0 Å². The first-order valence-corrected chi connectivity index (χ1v) is 11.1. The summed E-state index contributed by atoms with van der Waals surface area (Å²) in [4.78, 5) is 4.76. The Morgan fingerprint density at radius 1 is 0.778 bits per heavy atom. The number of pyridine rings is 1. The number of halogens is 2. The van der Waals surface area contributed by atoms with Gasteiger partial charge in [-0.3, -0.25) is 4.98 Å². The molecular weight excluding hydrogens is 499 g/mol. The maximum absolute atomic E-state index is 5.60. The number of nitrogens with zero attached hydrogens (tertiary/aromatic N) is 3. The van der Waals surface area contributed by atoms with Crippen LogP contribution < -0.4 is 19.5 Å². The summed E-state index contributed by atoms with van der Waals surface area (Å²) in [5.41, 5.74) is 7.17. The molecular formula is C27H26Cl2N4O3. The van der Waals surface area contributed by atoms with E-state index in [4.69, 9.17) is 24.3 Å². The minimum Gasteiger partial charge on any atom is -0.494 e. The number of nitrogens with one attached hydrogen (secondary N) is 1. The van der Waals surface area contributed by atoms with Crippen molar-refractivity contribution in [1.29, 1.82) is 0 Å². The summed E-state index contributed by atoms with van der Waals surface area (Å²) in [6.07, 6.45) is 1.88. The predicted molar refractivity (Wildman–Crippen MR) is 147 cm³/mol. The number of hydrogen-bond acceptors (Lipinski definition) is 6. The number of hydrogen-bond donors (Lipinski definition) is 1. The van der Waals surface area contributed by atoms with Gasteiger partial charge in [0.1, 0.15) is 17.0 Å². The topological polar surface area (TPSA) is 70.4 Å². The van der Waals surface area contributed by atoms with Crippen LogP contribution in [-0.4, -0.2) is 36.1 Å². The van der Waals surface area contributed by atoms with Crippen LogP contribution in [0.1, 0.15) is 11.1 Å². The van der Waals surface area contributed by atoms with Crippen LogP contribution in [0.3, 0.4) is 0 Å². The zero-order valence-electron chi connectivity index (χ0n) is 20.1. The molecule has 9 heteroatoms. The molecule has 0 fully saturated rings. The fraction of sp³-hybridized carbons (Fsp3) is 0.185. The summed E-state index contributed by atoms with van der Waals surface area (Å²) in [5.74, 6) is 2.06. The molecule has 1 aliphatic rings. The molecule has 5 aromatic rings. The largest absolute Gasteiger partial charge is 0.494 e. The van der Waals surface area contributed by atoms with Gasteiger partial charge in [0.2, 0.25) is 0 Å². The van der Waals surface area contributed by atoms with Gasteiger partial charge in [-0.2, -0.15) is 5.10 Å². The highest BCUT2D eigenvalue weighted by atomic mass is 35.5. The second kappa shape index (κ2) is 10.2. The molecule has 0 amide bonds. The molecule has 3 heterocycles. The number of aromatic nitrogens is 3. The van der Waals surface area contributed by atoms with E-state index in [1.165, 1.54) is 11.1 Å². The highest BCUT2D eigenvalue weighted by molar-refractivity contribution is 6.10. The molecule has 186 valence electrons. The lowest BCUT2D eigenvalue weighted by molar-refractivity contribution is 0.355. The van der Waals surface area contributed by atoms with E-state index in [9.17, 15) is 0 Å². The van der Waals surface area contributed by atoms with Gasteiger partial charge in [0.15, 0.2) is 11.5 Å². The Morgan fingerprint density at radius 2 is 1.56 bits per heavy atom. The Morgan fingerprint density at radius 3 is 2.33 bits per heavy atom. The summed E-state index contributed by atoms with van der Waals surface area (Å²) in [6, 6.07) is 18.4. The van der Waals surface area contributed by atoms with Gasteiger partial charge in [0.05, 0.1) is 32.5 Å². The molecule has 0 spiro atoms. The Kier molecular flexibility index (Phi) is 7.26. The van der Waals surface area contributed by atoms with Gasteiger partial charge in [0.25, 0.3) is 0 Å². The molecule has 7 nitrogen and oxygen atoms in total. The van der Waals surface area contributed by atoms with Crippen LogP contribution in [0.5, 0.6) is 17.2 Å². The fourth-order valence-corrected chi connectivity index (χ4v) is 4.75. The van der Waals surface area contributed by atoms with E-state index < -0.39 is 0 Å². The van der Waals surface area contributed by atoms with Crippen molar-refractivity contribution in [3.63, 3.8) is 0 Å². The van der Waals surface area contributed by atoms with Gasteiger partial charge in [-0.15, -0.1) is 24.8 Å². The zero-order valence-corrected chi connectivity index (χ0v) is 21.7. The summed E-state index contributed by atoms with van der Waals surface area (Å²) >= 11 is 0. The van der Waals surface area contributed by atoms with Gasteiger partial charge in [-0.1, -0.05) is 18.2 Å². The standard InChI is InChI=1S/C27H24N4O3.2ClH/c1-32-22-10-8-16(12-24(22)34-3)25-21-15-29-26-20(5-4-6-23(26)33-2)27(21)31(30-25)19-9-7-17-13-28-14-18(17)11-19;;/h4-12,15,28H,13-14H2,1-3H3;2*1H. The first-order chi connectivity index (χ1) is 16.7. The third-order valence-electron chi connectivity index (χ3n) is 6.44. The van der Waals surface area contributed by atoms with Crippen molar-refractivity contribution >= 4 is 46.6 Å². The average molecular weight is 525 g/mol. The quantitative estimate of drug-likeness (QED) is 0.317. The molecule has 0 saturated carbocycles. The van der Waals surface area contributed by atoms with E-state index in [1.807, 2.05) is 41.2 Å². The maximum Gasteiger partial charge on any atom is 0.161 e. The molecule has 0 bridgehead atoms. The number of fused-ring (bicyclic) bond motifs is 4. The van der Waals surface area contributed by atoms with E-state index in [1.54, 1.807) is 21.3 Å². The van der Waals surface area contributed by atoms with Crippen molar-refractivity contribution in [3.05, 3.63) is 71.9 Å². The van der Waals surface area contributed by atoms with E-state index in [2.05, 4.69) is 29.6 Å². The molecule has 0 saturated heterocycles. The summed E-state index contributed by atoms with van der Waals surface area (Å²) in [5, 5.41) is 10.5. The summed E-state index contributed by atoms with van der Waals surface area (Å²) in [6.45, 7) is 1.76. The average Bonchev–Trinajstić information content (AvgIpc) is 3.52. The molecule has 0 atom stereocenters. The number of rotatable bonds is 5. The zero-order chi connectivity index (χ0) is 23.2. The van der Waals surface area contributed by atoms with Crippen LogP contribution in [0.25, 0.3) is 38.8 Å². The first-order valence-electron chi connectivity index (χ1n) is 11.1. The Hall–Kier alpha value is -3.52. The van der Waals surface area contributed by atoms with Gasteiger partial charge in [-0.05, 0) is 47.5 Å². The van der Waals surface area contributed by atoms with Crippen molar-refractivity contribution in [2.45, 2.75) is 13.1 Å². The molecule has 1 aliphatic heterocycles. The molecule has 2 aromatic heterocycles. The van der Waals surface area contributed by atoms with Crippen LogP contribution in [0.4, 0.5) is 0 Å². The lowest BCUT2D eigenvalue weighted by Crippen LogP contribution is -2.00. The molecule has 0 unspecified atom stereocenters. The smallest absolute Gasteiger partial charge is 0.161 e. The van der Waals surface area contributed by atoms with Gasteiger partial charge < -0.3 is 19.5 Å². The fourth-order valence-electron chi connectivity index (χ4n) is 4.75. The summed E-state index contributed by atoms with van der Waals surface area (Å²) < 4.78 is 18.6. The van der Waals surface area contributed by atoms with Crippen LogP contribution in [0, 0.1) is 0 Å². The van der Waals surface area contributed by atoms with Crippen molar-refractivity contribution in [1.82, 2.24) is 20.1 Å². The lowest BCUT2D eigenvalue weighted by atomic mass is 10.1. The number of ether oxygens (including phenoxy) is 3. The van der Waals surface area contributed by atoms with E-state index in [-0.39, 0.29) is 24.8 Å². The SMILES string of the molecule is COc1ccc(-c2nn(-c3ccc4c(c3)CNC4)c3c2cnc2c(OC)cccc23)cc1OC.Cl.Cl. The Bertz CT molecular complexity index is 1570. The van der Waals surface area contributed by atoms with E-state index in [0.29, 0.717) is 11.5 Å². The monoisotopic (exact) mass is 524 g/mol. The number of methoxy groups -OCH3 is 3. The van der Waals surface area contributed by atoms with Crippen molar-refractivity contribution < 1.29 is 14.2 Å². The Balaban J connectivity index is 0.00000152. The third-order valence-corrected chi connectivity index (χ3v) is 6.44. The highest BCUT2D eigenvalue weighted by Gasteiger charge is 2.20.